The van der Waals surface area contributed by atoms with Crippen molar-refractivity contribution in [1.82, 2.24) is 0 Å². The van der Waals surface area contributed by atoms with Gasteiger partial charge in [0.1, 0.15) is 0 Å². The third-order valence-electron chi connectivity index (χ3n) is 4.62. The van der Waals surface area contributed by atoms with Gasteiger partial charge < -0.3 is 0 Å². The molecule has 0 amide bonds. The molecule has 0 bridgehead atoms. The molecule has 1 unspecified atom stereocenters. The van der Waals surface area contributed by atoms with Gasteiger partial charge in [0.05, 0.1) is 0 Å². The number of allylic oxidation sites excluding steroid dienone is 8. The maximum absolute atomic E-state index is 2.30. The Morgan fingerprint density at radius 2 is 1.38 bits per heavy atom. The van der Waals surface area contributed by atoms with Gasteiger partial charge in [0, 0.05) is 37.2 Å². The molecule has 1 aromatic rings. The second-order valence-electron chi connectivity index (χ2n) is 6.67. The van der Waals surface area contributed by atoms with Crippen LogP contribution in [0, 0.1) is 30.6 Å². The monoisotopic (exact) mass is 430 g/mol. The van der Waals surface area contributed by atoms with Gasteiger partial charge in [-0.25, -0.2) is 0 Å². The van der Waals surface area contributed by atoms with Crippen LogP contribution in [0.4, 0.5) is 0 Å². The van der Waals surface area contributed by atoms with Crippen LogP contribution in [0.15, 0.2) is 78.9 Å². The van der Waals surface area contributed by atoms with Crippen LogP contribution in [-0.4, -0.2) is 0 Å². The molecule has 3 aliphatic carbocycles. The first-order valence-electron chi connectivity index (χ1n) is 9.31. The first kappa shape index (κ1) is 21.1. The molecule has 1 aromatic carbocycles. The van der Waals surface area contributed by atoms with E-state index >= 15 is 0 Å². The fourth-order valence-electron chi connectivity index (χ4n) is 3.36. The quantitative estimate of drug-likeness (QED) is 0.342. The maximum Gasteiger partial charge on any atom is 0.00960 e. The van der Waals surface area contributed by atoms with Gasteiger partial charge in [0.25, 0.3) is 0 Å². The number of benzene rings is 1. The average molecular weight is 430 g/mol. The van der Waals surface area contributed by atoms with E-state index in [0.717, 1.165) is 0 Å². The molecule has 1 atom stereocenters. The summed E-state index contributed by atoms with van der Waals surface area (Å²) in [5.41, 5.74) is 1.36. The van der Waals surface area contributed by atoms with Gasteiger partial charge in [-0.05, 0) is 50.0 Å². The Morgan fingerprint density at radius 3 is 2.00 bits per heavy atom. The first-order chi connectivity index (χ1) is 12.3. The van der Waals surface area contributed by atoms with Crippen LogP contribution in [0.25, 0.3) is 0 Å². The van der Waals surface area contributed by atoms with E-state index in [1.807, 2.05) is 0 Å². The van der Waals surface area contributed by atoms with Crippen LogP contribution in [-0.2, 0) is 19.5 Å². The Kier molecular flexibility index (Phi) is 9.34. The molecule has 3 aliphatic rings. The molecule has 4 rings (SSSR count). The Morgan fingerprint density at radius 1 is 0.769 bits per heavy atom. The van der Waals surface area contributed by atoms with Crippen molar-refractivity contribution in [1.29, 1.82) is 0 Å². The molecule has 0 spiro atoms. The second kappa shape index (κ2) is 11.5. The summed E-state index contributed by atoms with van der Waals surface area (Å²) in [5, 5.41) is 0. The van der Waals surface area contributed by atoms with Crippen LogP contribution in [0.3, 0.4) is 0 Å². The van der Waals surface area contributed by atoms with Gasteiger partial charge >= 0.3 is 0 Å². The summed E-state index contributed by atoms with van der Waals surface area (Å²) in [5.74, 6) is 4.49. The van der Waals surface area contributed by atoms with E-state index in [0.29, 0.717) is 5.92 Å². The Hall–Kier alpha value is -1.20. The molecule has 0 aromatic heterocycles. The zero-order valence-electron chi connectivity index (χ0n) is 15.4. The summed E-state index contributed by atoms with van der Waals surface area (Å²) in [6, 6.07) is 10.7. The van der Waals surface area contributed by atoms with E-state index < -0.39 is 0 Å². The van der Waals surface area contributed by atoms with Crippen LogP contribution in [0.2, 0.25) is 0 Å². The molecular formula is C25H27Rh. The molecular weight excluding hydrogens is 403 g/mol. The minimum absolute atomic E-state index is 0. The van der Waals surface area contributed by atoms with Crippen molar-refractivity contribution in [3.63, 3.8) is 0 Å². The van der Waals surface area contributed by atoms with Gasteiger partial charge in [-0.3, -0.25) is 0 Å². The van der Waals surface area contributed by atoms with Crippen molar-refractivity contribution in [2.45, 2.75) is 38.5 Å². The predicted octanol–water partition coefficient (Wildman–Crippen LogP) is 6.73. The van der Waals surface area contributed by atoms with Crippen LogP contribution < -0.4 is 0 Å². The Bertz CT molecular complexity index is 597. The van der Waals surface area contributed by atoms with E-state index in [-0.39, 0.29) is 19.5 Å². The molecule has 136 valence electrons. The van der Waals surface area contributed by atoms with E-state index in [4.69, 9.17) is 0 Å². The van der Waals surface area contributed by atoms with Gasteiger partial charge in [0.2, 0.25) is 0 Å². The zero-order valence-corrected chi connectivity index (χ0v) is 17.0. The van der Waals surface area contributed by atoms with E-state index in [2.05, 4.69) is 98.7 Å². The molecule has 0 saturated heterocycles. The predicted molar refractivity (Wildman–Crippen MR) is 108 cm³/mol. The topological polar surface area (TPSA) is 0 Å². The van der Waals surface area contributed by atoms with Crippen LogP contribution in [0.5, 0.6) is 0 Å². The summed E-state index contributed by atoms with van der Waals surface area (Å²) in [6.45, 7) is 2.16. The minimum atomic E-state index is 0. The summed E-state index contributed by atoms with van der Waals surface area (Å²) < 4.78 is 0. The zero-order chi connectivity index (χ0) is 17.3. The molecule has 26 heavy (non-hydrogen) atoms. The Labute approximate surface area is 172 Å². The van der Waals surface area contributed by atoms with Crippen LogP contribution in [0.1, 0.15) is 44.1 Å². The summed E-state index contributed by atoms with van der Waals surface area (Å²) >= 11 is 0. The number of hydrogen-bond acceptors (Lipinski definition) is 0. The number of rotatable bonds is 1. The smallest absolute Gasteiger partial charge is 0.00960 e. The Balaban J connectivity index is 0.000000230. The molecule has 0 nitrogen and oxygen atoms in total. The van der Waals surface area contributed by atoms with E-state index in [1.54, 1.807) is 0 Å². The van der Waals surface area contributed by atoms with Crippen molar-refractivity contribution in [2.75, 3.05) is 0 Å². The standard InChI is InChI=1S/C17H15.C8H12.Rh/c1-13-11-15-9-5-6-10-16(17(15)12-13)14-7-3-2-4-8-14;1-2-4-6-8-7-5-3-1;/h2-12,16H,1H3;1-2,7-8H,3-6H2;/b;2-1-,8-7-;. The summed E-state index contributed by atoms with van der Waals surface area (Å²) in [6.07, 6.45) is 27.3. The third-order valence-corrected chi connectivity index (χ3v) is 4.62. The van der Waals surface area contributed by atoms with Gasteiger partial charge in [-0.1, -0.05) is 85.9 Å². The first-order valence-corrected chi connectivity index (χ1v) is 9.31. The van der Waals surface area contributed by atoms with Gasteiger partial charge in [0.15, 0.2) is 0 Å². The molecule has 1 heteroatoms. The molecule has 0 N–H and O–H groups in total. The molecule has 1 fully saturated rings. The largest absolute Gasteiger partial charge is 0.0882 e. The summed E-state index contributed by atoms with van der Waals surface area (Å²) in [4.78, 5) is 0. The fraction of sp³-hybridized carbons (Fsp3) is 0.240. The van der Waals surface area contributed by atoms with Crippen molar-refractivity contribution in [3.05, 3.63) is 115 Å². The summed E-state index contributed by atoms with van der Waals surface area (Å²) in [7, 11) is 0. The molecule has 6 radical (unpaired) electrons. The minimum Gasteiger partial charge on any atom is -0.0882 e. The SMILES string of the molecule is C1=C\CC/C=C\CC/1.C[C]1[CH][C]2C=CC=CC(c3ccccc3)[C]2[CH]1.[Rh]. The van der Waals surface area contributed by atoms with Gasteiger partial charge in [-0.15, -0.1) is 0 Å². The molecule has 0 aliphatic heterocycles. The van der Waals surface area contributed by atoms with Crippen LogP contribution >= 0.6 is 0 Å². The number of fused-ring (bicyclic) bond motifs is 1. The maximum atomic E-state index is 2.30. The van der Waals surface area contributed by atoms with E-state index in [9.17, 15) is 0 Å². The number of hydrogen-bond donors (Lipinski definition) is 0. The van der Waals surface area contributed by atoms with Crippen molar-refractivity contribution in [2.24, 2.45) is 0 Å². The van der Waals surface area contributed by atoms with Crippen molar-refractivity contribution in [3.8, 4) is 0 Å². The average Bonchev–Trinajstić information content (AvgIpc) is 2.85. The van der Waals surface area contributed by atoms with Crippen molar-refractivity contribution < 1.29 is 19.5 Å². The molecule has 1 saturated carbocycles. The molecule has 0 heterocycles. The van der Waals surface area contributed by atoms with Gasteiger partial charge in [-0.2, -0.15) is 0 Å². The normalized spacial score (nSPS) is 25.7. The fourth-order valence-corrected chi connectivity index (χ4v) is 3.36. The van der Waals surface area contributed by atoms with E-state index in [1.165, 1.54) is 49.0 Å². The second-order valence-corrected chi connectivity index (χ2v) is 6.67. The third kappa shape index (κ3) is 6.20. The van der Waals surface area contributed by atoms with Crippen molar-refractivity contribution >= 4 is 0 Å².